The molecule has 0 amide bonds. The van der Waals surface area contributed by atoms with Crippen LogP contribution in [0.5, 0.6) is 0 Å². The van der Waals surface area contributed by atoms with Gasteiger partial charge >= 0.3 is 12.1 Å². The quantitative estimate of drug-likeness (QED) is 0.367. The molecule has 0 aliphatic heterocycles. The summed E-state index contributed by atoms with van der Waals surface area (Å²) >= 11 is 7.06. The van der Waals surface area contributed by atoms with Crippen molar-refractivity contribution >= 4 is 46.5 Å². The first-order valence-corrected chi connectivity index (χ1v) is 11.3. The number of alkyl halides is 3. The van der Waals surface area contributed by atoms with Crippen LogP contribution in [-0.4, -0.2) is 32.7 Å². The van der Waals surface area contributed by atoms with E-state index in [4.69, 9.17) is 16.3 Å². The van der Waals surface area contributed by atoms with Crippen molar-refractivity contribution in [1.29, 1.82) is 0 Å². The number of ether oxygens (including phenoxy) is 1. The number of halogens is 4. The van der Waals surface area contributed by atoms with E-state index in [0.29, 0.717) is 0 Å². The molecule has 168 valence electrons. The topological polar surface area (TPSA) is 68.6 Å². The van der Waals surface area contributed by atoms with Gasteiger partial charge in [-0.05, 0) is 45.9 Å². The fourth-order valence-corrected chi connectivity index (χ4v) is 4.09. The minimum atomic E-state index is -4.70. The monoisotopic (exact) mass is 492 g/mol. The number of carbonyl (C=O) groups is 1. The summed E-state index contributed by atoms with van der Waals surface area (Å²) in [7, 11) is -1.79. The average molecular weight is 493 g/mol. The second kappa shape index (κ2) is 10.1. The van der Waals surface area contributed by atoms with Crippen LogP contribution >= 0.6 is 23.4 Å². The van der Waals surface area contributed by atoms with Gasteiger partial charge in [0, 0.05) is 34.0 Å². The molecule has 31 heavy (non-hydrogen) atoms. The highest BCUT2D eigenvalue weighted by atomic mass is 35.5. The van der Waals surface area contributed by atoms with E-state index in [1.807, 2.05) is 0 Å². The molecule has 0 spiro atoms. The Morgan fingerprint density at radius 1 is 1.29 bits per heavy atom. The fourth-order valence-electron chi connectivity index (χ4n) is 2.26. The van der Waals surface area contributed by atoms with Gasteiger partial charge in [0.05, 0.1) is 27.5 Å². The lowest BCUT2D eigenvalue weighted by Gasteiger charge is -2.17. The minimum absolute atomic E-state index is 0.00435. The van der Waals surface area contributed by atoms with E-state index in [2.05, 4.69) is 9.38 Å². The highest BCUT2D eigenvalue weighted by Gasteiger charge is 2.35. The van der Waals surface area contributed by atoms with E-state index in [1.54, 1.807) is 27.7 Å². The predicted octanol–water partition coefficient (Wildman–Crippen LogP) is 5.96. The summed E-state index contributed by atoms with van der Waals surface area (Å²) in [4.78, 5) is 16.4. The SMILES string of the molecule is CCOC(=O)c1ccncc1Sc1c(Cl)ccc(C(F)(F)F)c1C=NS(=O)C(C)(C)C. The minimum Gasteiger partial charge on any atom is -0.462 e. The molecule has 2 aromatic rings. The van der Waals surface area contributed by atoms with Crippen molar-refractivity contribution in [2.45, 2.75) is 48.4 Å². The lowest BCUT2D eigenvalue weighted by atomic mass is 10.1. The lowest BCUT2D eigenvalue weighted by Crippen LogP contribution is -2.20. The molecule has 1 heterocycles. The van der Waals surface area contributed by atoms with Gasteiger partial charge in [-0.25, -0.2) is 9.00 Å². The summed E-state index contributed by atoms with van der Waals surface area (Å²) in [6.45, 7) is 6.73. The van der Waals surface area contributed by atoms with Gasteiger partial charge < -0.3 is 4.74 Å². The number of hydrogen-bond acceptors (Lipinski definition) is 5. The van der Waals surface area contributed by atoms with Crippen LogP contribution in [0, 0.1) is 0 Å². The van der Waals surface area contributed by atoms with Crippen molar-refractivity contribution < 1.29 is 26.9 Å². The first kappa shape index (κ1) is 25.4. The number of benzene rings is 1. The van der Waals surface area contributed by atoms with E-state index in [0.717, 1.165) is 30.1 Å². The molecule has 0 N–H and O–H groups in total. The fraction of sp³-hybridized carbons (Fsp3) is 0.350. The number of nitrogens with zero attached hydrogens (tertiary/aromatic N) is 2. The highest BCUT2D eigenvalue weighted by Crippen LogP contribution is 2.42. The summed E-state index contributed by atoms with van der Waals surface area (Å²) in [5.41, 5.74) is -1.20. The molecule has 1 aromatic heterocycles. The maximum absolute atomic E-state index is 13.7. The van der Waals surface area contributed by atoms with Crippen LogP contribution in [0.4, 0.5) is 13.2 Å². The van der Waals surface area contributed by atoms with Gasteiger partial charge in [0.1, 0.15) is 11.0 Å². The van der Waals surface area contributed by atoms with Crippen molar-refractivity contribution in [3.63, 3.8) is 0 Å². The van der Waals surface area contributed by atoms with Gasteiger partial charge in [0.25, 0.3) is 0 Å². The largest absolute Gasteiger partial charge is 0.462 e. The molecule has 1 unspecified atom stereocenters. The van der Waals surface area contributed by atoms with E-state index in [9.17, 15) is 22.2 Å². The van der Waals surface area contributed by atoms with Crippen molar-refractivity contribution in [3.8, 4) is 0 Å². The Hall–Kier alpha value is -1.91. The van der Waals surface area contributed by atoms with Crippen LogP contribution in [0.3, 0.4) is 0 Å². The van der Waals surface area contributed by atoms with Crippen LogP contribution in [0.15, 0.2) is 44.8 Å². The zero-order valence-electron chi connectivity index (χ0n) is 17.1. The molecule has 5 nitrogen and oxygen atoms in total. The molecule has 0 aliphatic carbocycles. The van der Waals surface area contributed by atoms with Crippen molar-refractivity contribution in [2.24, 2.45) is 4.40 Å². The summed E-state index contributed by atoms with van der Waals surface area (Å²) in [6.07, 6.45) is -1.08. The second-order valence-corrected chi connectivity index (χ2v) is 10.5. The number of aromatic nitrogens is 1. The van der Waals surface area contributed by atoms with Gasteiger partial charge in [0.15, 0.2) is 0 Å². The van der Waals surface area contributed by atoms with Crippen molar-refractivity contribution in [1.82, 2.24) is 4.98 Å². The maximum Gasteiger partial charge on any atom is 0.417 e. The zero-order valence-corrected chi connectivity index (χ0v) is 19.5. The smallest absolute Gasteiger partial charge is 0.417 e. The van der Waals surface area contributed by atoms with Crippen LogP contribution in [0.2, 0.25) is 5.02 Å². The van der Waals surface area contributed by atoms with Crippen LogP contribution < -0.4 is 0 Å². The number of esters is 1. The predicted molar refractivity (Wildman–Crippen MR) is 116 cm³/mol. The molecule has 0 fully saturated rings. The zero-order chi connectivity index (χ0) is 23.4. The van der Waals surface area contributed by atoms with Gasteiger partial charge in [-0.1, -0.05) is 23.4 Å². The Balaban J connectivity index is 2.65. The third-order valence-corrected chi connectivity index (χ3v) is 6.71. The Kier molecular flexibility index (Phi) is 8.29. The molecule has 0 aliphatic rings. The molecule has 2 rings (SSSR count). The summed E-state index contributed by atoms with van der Waals surface area (Å²) in [5.74, 6) is -0.639. The molecule has 11 heteroatoms. The Labute approximate surface area is 190 Å². The second-order valence-electron chi connectivity index (χ2n) is 7.13. The number of pyridine rings is 1. The highest BCUT2D eigenvalue weighted by molar-refractivity contribution is 7.99. The standard InChI is InChI=1S/C20H20ClF3N2O3S2/c1-5-29-18(27)12-8-9-25-11-16(12)30-17-13(10-26-31(28)19(2,3)4)14(20(22,23)24)6-7-15(17)21/h6-11H,5H2,1-4H3. The number of rotatable bonds is 6. The number of hydrogen-bond donors (Lipinski definition) is 0. The van der Waals surface area contributed by atoms with E-state index in [-0.39, 0.29) is 32.5 Å². The van der Waals surface area contributed by atoms with Gasteiger partial charge in [-0.15, -0.1) is 0 Å². The van der Waals surface area contributed by atoms with E-state index in [1.165, 1.54) is 18.5 Å². The van der Waals surface area contributed by atoms with E-state index >= 15 is 0 Å². The van der Waals surface area contributed by atoms with Crippen LogP contribution in [-0.2, 0) is 21.9 Å². The first-order chi connectivity index (χ1) is 14.4. The van der Waals surface area contributed by atoms with E-state index < -0.39 is 33.4 Å². The van der Waals surface area contributed by atoms with Crippen molar-refractivity contribution in [3.05, 3.63) is 52.3 Å². The average Bonchev–Trinajstić information content (AvgIpc) is 2.66. The van der Waals surface area contributed by atoms with Gasteiger partial charge in [-0.3, -0.25) is 4.98 Å². The third kappa shape index (κ3) is 6.54. The Morgan fingerprint density at radius 2 is 1.97 bits per heavy atom. The maximum atomic E-state index is 13.7. The number of carbonyl (C=O) groups excluding carboxylic acids is 1. The van der Waals surface area contributed by atoms with Crippen LogP contribution in [0.25, 0.3) is 0 Å². The molecule has 1 atom stereocenters. The molecular weight excluding hydrogens is 473 g/mol. The Bertz CT molecular complexity index is 1020. The van der Waals surface area contributed by atoms with Gasteiger partial charge in [-0.2, -0.15) is 17.6 Å². The summed E-state index contributed by atoms with van der Waals surface area (Å²) in [6, 6.07) is 3.36. The summed E-state index contributed by atoms with van der Waals surface area (Å²) in [5, 5.41) is 0.0136. The van der Waals surface area contributed by atoms with Crippen molar-refractivity contribution in [2.75, 3.05) is 6.61 Å². The van der Waals surface area contributed by atoms with Gasteiger partial charge in [0.2, 0.25) is 0 Å². The molecule has 0 saturated heterocycles. The van der Waals surface area contributed by atoms with Crippen LogP contribution in [0.1, 0.15) is 49.2 Å². The lowest BCUT2D eigenvalue weighted by molar-refractivity contribution is -0.137. The first-order valence-electron chi connectivity index (χ1n) is 9.01. The third-order valence-electron chi connectivity index (χ3n) is 3.75. The molecule has 0 bridgehead atoms. The molecular formula is C20H20ClF3N2O3S2. The molecule has 0 saturated carbocycles. The molecule has 0 radical (unpaired) electrons. The molecule has 1 aromatic carbocycles. The summed E-state index contributed by atoms with van der Waals surface area (Å²) < 4.78 is 61.4. The normalized spacial score (nSPS) is 13.4. The Morgan fingerprint density at radius 3 is 2.55 bits per heavy atom.